The Balaban J connectivity index is 1.56. The van der Waals surface area contributed by atoms with Crippen LogP contribution in [0.5, 0.6) is 0 Å². The zero-order valence-corrected chi connectivity index (χ0v) is 14.8. The van der Waals surface area contributed by atoms with Crippen LogP contribution in [0, 0.1) is 0 Å². The molecule has 0 spiro atoms. The van der Waals surface area contributed by atoms with Crippen LogP contribution in [0.15, 0.2) is 54.6 Å². The van der Waals surface area contributed by atoms with Crippen LogP contribution in [0.25, 0.3) is 0 Å². The van der Waals surface area contributed by atoms with Gasteiger partial charge in [0, 0.05) is 18.1 Å². The van der Waals surface area contributed by atoms with Crippen molar-refractivity contribution < 1.29 is 9.53 Å². The standard InChI is InChI=1S/C20H21N5O2/c26-20(16-9-4-8-15(12-16)17-10-5-11-27-13-17)21-18(19-22-24-25-23-19)14-6-2-1-3-7-14/h1-4,6-9,12,17-18H,5,10-11,13H2,(H,21,26)(H,22,23,24,25). The highest BCUT2D eigenvalue weighted by Gasteiger charge is 2.22. The van der Waals surface area contributed by atoms with Crippen molar-refractivity contribution in [3.8, 4) is 0 Å². The molecule has 4 rings (SSSR count). The predicted molar refractivity (Wildman–Crippen MR) is 99.2 cm³/mol. The van der Waals surface area contributed by atoms with Gasteiger partial charge in [0.2, 0.25) is 5.82 Å². The third-order valence-corrected chi connectivity index (χ3v) is 4.81. The molecule has 1 amide bonds. The number of ether oxygens (including phenoxy) is 1. The third kappa shape index (κ3) is 4.03. The van der Waals surface area contributed by atoms with Gasteiger partial charge in [0.05, 0.1) is 6.61 Å². The molecule has 1 aromatic heterocycles. The zero-order chi connectivity index (χ0) is 18.5. The second kappa shape index (κ2) is 8.09. The molecule has 27 heavy (non-hydrogen) atoms. The maximum absolute atomic E-state index is 12.9. The van der Waals surface area contributed by atoms with Crippen LogP contribution in [0.4, 0.5) is 0 Å². The highest BCUT2D eigenvalue weighted by molar-refractivity contribution is 5.94. The summed E-state index contributed by atoms with van der Waals surface area (Å²) >= 11 is 0. The number of nitrogens with zero attached hydrogens (tertiary/aromatic N) is 3. The minimum Gasteiger partial charge on any atom is -0.381 e. The van der Waals surface area contributed by atoms with Crippen molar-refractivity contribution in [2.75, 3.05) is 13.2 Å². The Morgan fingerprint density at radius 1 is 1.19 bits per heavy atom. The van der Waals surface area contributed by atoms with Gasteiger partial charge in [-0.2, -0.15) is 5.21 Å². The molecular weight excluding hydrogens is 342 g/mol. The zero-order valence-electron chi connectivity index (χ0n) is 14.8. The lowest BCUT2D eigenvalue weighted by molar-refractivity contribution is 0.0803. The monoisotopic (exact) mass is 363 g/mol. The van der Waals surface area contributed by atoms with E-state index in [1.807, 2.05) is 48.5 Å². The van der Waals surface area contributed by atoms with Crippen LogP contribution in [-0.2, 0) is 4.74 Å². The van der Waals surface area contributed by atoms with E-state index in [2.05, 4.69) is 32.0 Å². The molecule has 2 unspecified atom stereocenters. The fraction of sp³-hybridized carbons (Fsp3) is 0.300. The summed E-state index contributed by atoms with van der Waals surface area (Å²) in [7, 11) is 0. The maximum atomic E-state index is 12.9. The Kier molecular flexibility index (Phi) is 5.20. The quantitative estimate of drug-likeness (QED) is 0.727. The van der Waals surface area contributed by atoms with Crippen molar-refractivity contribution in [2.24, 2.45) is 0 Å². The van der Waals surface area contributed by atoms with Gasteiger partial charge in [-0.1, -0.05) is 47.7 Å². The van der Waals surface area contributed by atoms with Gasteiger partial charge in [0.15, 0.2) is 0 Å². The van der Waals surface area contributed by atoms with Crippen LogP contribution in [0.2, 0.25) is 0 Å². The molecule has 1 aliphatic rings. The minimum atomic E-state index is -0.473. The van der Waals surface area contributed by atoms with Gasteiger partial charge in [0.25, 0.3) is 5.91 Å². The smallest absolute Gasteiger partial charge is 0.252 e. The summed E-state index contributed by atoms with van der Waals surface area (Å²) < 4.78 is 5.58. The van der Waals surface area contributed by atoms with Gasteiger partial charge in [-0.25, -0.2) is 0 Å². The summed E-state index contributed by atoms with van der Waals surface area (Å²) in [5.74, 6) is 0.590. The first-order valence-corrected chi connectivity index (χ1v) is 9.08. The minimum absolute atomic E-state index is 0.174. The van der Waals surface area contributed by atoms with Crippen molar-refractivity contribution >= 4 is 5.91 Å². The number of tetrazole rings is 1. The molecule has 0 aliphatic carbocycles. The first-order chi connectivity index (χ1) is 13.3. The number of amides is 1. The lowest BCUT2D eigenvalue weighted by Gasteiger charge is -2.23. The van der Waals surface area contributed by atoms with E-state index in [9.17, 15) is 4.79 Å². The average Bonchev–Trinajstić information content (AvgIpc) is 3.28. The number of aromatic nitrogens is 4. The lowest BCUT2D eigenvalue weighted by Crippen LogP contribution is -2.30. The summed E-state index contributed by atoms with van der Waals surface area (Å²) in [6.45, 7) is 1.53. The summed E-state index contributed by atoms with van der Waals surface area (Å²) in [4.78, 5) is 12.9. The summed E-state index contributed by atoms with van der Waals surface area (Å²) in [5.41, 5.74) is 2.64. The van der Waals surface area contributed by atoms with E-state index in [4.69, 9.17) is 4.74 Å². The fourth-order valence-corrected chi connectivity index (χ4v) is 3.39. The van der Waals surface area contributed by atoms with E-state index in [0.717, 1.165) is 30.6 Å². The van der Waals surface area contributed by atoms with Gasteiger partial charge in [-0.3, -0.25) is 4.79 Å². The molecule has 1 aliphatic heterocycles. The molecule has 2 heterocycles. The van der Waals surface area contributed by atoms with E-state index in [1.165, 1.54) is 0 Å². The maximum Gasteiger partial charge on any atom is 0.252 e. The van der Waals surface area contributed by atoms with Crippen LogP contribution in [0.3, 0.4) is 0 Å². The Labute approximate surface area is 157 Å². The van der Waals surface area contributed by atoms with Crippen molar-refractivity contribution in [1.29, 1.82) is 0 Å². The number of hydrogen-bond acceptors (Lipinski definition) is 5. The molecule has 2 atom stereocenters. The fourth-order valence-electron chi connectivity index (χ4n) is 3.39. The van der Waals surface area contributed by atoms with Gasteiger partial charge in [-0.05, 0) is 36.1 Å². The van der Waals surface area contributed by atoms with Gasteiger partial charge >= 0.3 is 0 Å². The number of nitrogens with one attached hydrogen (secondary N) is 2. The van der Waals surface area contributed by atoms with Gasteiger partial charge in [-0.15, -0.1) is 10.2 Å². The molecule has 7 nitrogen and oxygen atoms in total. The van der Waals surface area contributed by atoms with Crippen LogP contribution < -0.4 is 5.32 Å². The van der Waals surface area contributed by atoms with Crippen molar-refractivity contribution in [3.63, 3.8) is 0 Å². The highest BCUT2D eigenvalue weighted by Crippen LogP contribution is 2.26. The number of aromatic amines is 1. The molecule has 138 valence electrons. The van der Waals surface area contributed by atoms with E-state index in [0.29, 0.717) is 23.9 Å². The highest BCUT2D eigenvalue weighted by atomic mass is 16.5. The Morgan fingerprint density at radius 2 is 2.07 bits per heavy atom. The second-order valence-electron chi connectivity index (χ2n) is 6.63. The summed E-state index contributed by atoms with van der Waals surface area (Å²) in [6, 6.07) is 16.9. The molecule has 2 N–H and O–H groups in total. The van der Waals surface area contributed by atoms with E-state index in [1.54, 1.807) is 0 Å². The topological polar surface area (TPSA) is 92.8 Å². The summed E-state index contributed by atoms with van der Waals surface area (Å²) in [5, 5.41) is 17.2. The Morgan fingerprint density at radius 3 is 2.81 bits per heavy atom. The number of rotatable bonds is 5. The molecule has 1 saturated heterocycles. The van der Waals surface area contributed by atoms with Crippen molar-refractivity contribution in [3.05, 3.63) is 77.1 Å². The molecule has 1 fully saturated rings. The van der Waals surface area contributed by atoms with Crippen molar-refractivity contribution in [2.45, 2.75) is 24.8 Å². The Bertz CT molecular complexity index is 876. The SMILES string of the molecule is O=C(NC(c1ccccc1)c1nn[nH]n1)c1cccc(C2CCCOC2)c1. The van der Waals surface area contributed by atoms with E-state index < -0.39 is 6.04 Å². The molecule has 0 saturated carbocycles. The molecule has 0 radical (unpaired) electrons. The largest absolute Gasteiger partial charge is 0.381 e. The molecule has 7 heteroatoms. The molecule has 0 bridgehead atoms. The first-order valence-electron chi connectivity index (χ1n) is 9.08. The predicted octanol–water partition coefficient (Wildman–Crippen LogP) is 2.61. The molecule has 2 aromatic carbocycles. The molecular formula is C20H21N5O2. The number of benzene rings is 2. The molecule has 3 aromatic rings. The number of carbonyl (C=O) groups excluding carboxylic acids is 1. The normalized spacial score (nSPS) is 18.0. The van der Waals surface area contributed by atoms with Crippen LogP contribution in [-0.4, -0.2) is 39.7 Å². The lowest BCUT2D eigenvalue weighted by atomic mass is 9.92. The van der Waals surface area contributed by atoms with Crippen LogP contribution >= 0.6 is 0 Å². The van der Waals surface area contributed by atoms with E-state index >= 15 is 0 Å². The van der Waals surface area contributed by atoms with Crippen molar-refractivity contribution in [1.82, 2.24) is 25.9 Å². The van der Waals surface area contributed by atoms with Gasteiger partial charge < -0.3 is 10.1 Å². The first kappa shape index (κ1) is 17.4. The number of hydrogen-bond donors (Lipinski definition) is 2. The van der Waals surface area contributed by atoms with Gasteiger partial charge in [0.1, 0.15) is 6.04 Å². The third-order valence-electron chi connectivity index (χ3n) is 4.81. The van der Waals surface area contributed by atoms with E-state index in [-0.39, 0.29) is 5.91 Å². The average molecular weight is 363 g/mol. The number of H-pyrrole nitrogens is 1. The Hall–Kier alpha value is -3.06. The van der Waals surface area contributed by atoms with Crippen LogP contribution in [0.1, 0.15) is 52.1 Å². The summed E-state index contributed by atoms with van der Waals surface area (Å²) in [6.07, 6.45) is 2.13. The second-order valence-corrected chi connectivity index (χ2v) is 6.63. The number of carbonyl (C=O) groups is 1.